The van der Waals surface area contributed by atoms with Gasteiger partial charge >= 0.3 is 5.97 Å². The minimum atomic E-state index is -0.652. The quantitative estimate of drug-likeness (QED) is 0.235. The van der Waals surface area contributed by atoms with E-state index in [4.69, 9.17) is 10.3 Å². The Bertz CT molecular complexity index is 297. The molecule has 0 amide bonds. The van der Waals surface area contributed by atoms with Crippen molar-refractivity contribution in [3.63, 3.8) is 0 Å². The molecule has 0 saturated heterocycles. The van der Waals surface area contributed by atoms with E-state index in [0.29, 0.717) is 19.0 Å². The molecule has 0 spiro atoms. The summed E-state index contributed by atoms with van der Waals surface area (Å²) in [5.41, 5.74) is 7.49. The number of nitrogens with one attached hydrogen (secondary N) is 1. The van der Waals surface area contributed by atoms with E-state index in [2.05, 4.69) is 15.3 Å². The molecule has 0 heterocycles. The van der Waals surface area contributed by atoms with Crippen LogP contribution < -0.4 is 5.32 Å². The van der Waals surface area contributed by atoms with E-state index in [1.54, 1.807) is 0 Å². The van der Waals surface area contributed by atoms with Crippen LogP contribution in [0.2, 0.25) is 0 Å². The average Bonchev–Trinajstić information content (AvgIpc) is 3.07. The lowest BCUT2D eigenvalue weighted by atomic mass is 9.95. The third kappa shape index (κ3) is 3.72. The minimum absolute atomic E-state index is 0.250. The first-order valence-electron chi connectivity index (χ1n) is 5.46. The zero-order chi connectivity index (χ0) is 12.0. The van der Waals surface area contributed by atoms with Gasteiger partial charge in [-0.3, -0.25) is 4.79 Å². The van der Waals surface area contributed by atoms with Gasteiger partial charge in [0, 0.05) is 18.0 Å². The van der Waals surface area contributed by atoms with Crippen LogP contribution in [-0.2, 0) is 9.53 Å². The molecule has 0 aliphatic heterocycles. The van der Waals surface area contributed by atoms with Crippen LogP contribution in [0.1, 0.15) is 26.2 Å². The van der Waals surface area contributed by atoms with E-state index in [-0.39, 0.29) is 5.97 Å². The maximum atomic E-state index is 11.7. The van der Waals surface area contributed by atoms with E-state index in [9.17, 15) is 4.79 Å². The zero-order valence-electron chi connectivity index (χ0n) is 9.77. The van der Waals surface area contributed by atoms with Crippen LogP contribution in [0.25, 0.3) is 10.4 Å². The van der Waals surface area contributed by atoms with E-state index in [1.807, 2.05) is 6.92 Å². The molecular formula is C10H18N4O2. The van der Waals surface area contributed by atoms with E-state index < -0.39 is 5.54 Å². The number of hydrogen-bond donors (Lipinski definition) is 1. The molecule has 0 bridgehead atoms. The number of ether oxygens (including phenoxy) is 1. The van der Waals surface area contributed by atoms with E-state index in [0.717, 1.165) is 6.42 Å². The Labute approximate surface area is 95.0 Å². The first-order valence-corrected chi connectivity index (χ1v) is 5.46. The SMILES string of the molecule is COC(=O)C(C)(CC1CC1)NCCN=[N+]=[N-]. The van der Waals surface area contributed by atoms with Gasteiger partial charge in [0.2, 0.25) is 0 Å². The lowest BCUT2D eigenvalue weighted by Crippen LogP contribution is -2.51. The Balaban J connectivity index is 2.47. The second-order valence-electron chi connectivity index (χ2n) is 4.35. The summed E-state index contributed by atoms with van der Waals surface area (Å²) in [6, 6.07) is 0. The van der Waals surface area contributed by atoms with Gasteiger partial charge in [0.15, 0.2) is 0 Å². The fourth-order valence-electron chi connectivity index (χ4n) is 1.78. The molecule has 1 saturated carbocycles. The molecule has 1 unspecified atom stereocenters. The second kappa shape index (κ2) is 5.72. The fourth-order valence-corrected chi connectivity index (χ4v) is 1.78. The van der Waals surface area contributed by atoms with Gasteiger partial charge in [-0.05, 0) is 24.8 Å². The highest BCUT2D eigenvalue weighted by Crippen LogP contribution is 2.37. The van der Waals surface area contributed by atoms with Crippen LogP contribution in [-0.4, -0.2) is 31.7 Å². The van der Waals surface area contributed by atoms with Gasteiger partial charge < -0.3 is 10.1 Å². The van der Waals surface area contributed by atoms with Gasteiger partial charge in [0.05, 0.1) is 7.11 Å². The molecule has 16 heavy (non-hydrogen) atoms. The normalized spacial score (nSPS) is 18.4. The van der Waals surface area contributed by atoms with Crippen LogP contribution in [0.4, 0.5) is 0 Å². The number of hydrogen-bond acceptors (Lipinski definition) is 4. The molecule has 0 radical (unpaired) electrons. The third-order valence-electron chi connectivity index (χ3n) is 2.82. The Morgan fingerprint density at radius 2 is 2.38 bits per heavy atom. The van der Waals surface area contributed by atoms with Gasteiger partial charge in [0.25, 0.3) is 0 Å². The first-order chi connectivity index (χ1) is 7.62. The lowest BCUT2D eigenvalue weighted by Gasteiger charge is -2.27. The van der Waals surface area contributed by atoms with Crippen molar-refractivity contribution in [2.75, 3.05) is 20.2 Å². The van der Waals surface area contributed by atoms with Crippen molar-refractivity contribution >= 4 is 5.97 Å². The van der Waals surface area contributed by atoms with Crippen molar-refractivity contribution in [3.05, 3.63) is 10.4 Å². The van der Waals surface area contributed by atoms with Gasteiger partial charge in [0.1, 0.15) is 5.54 Å². The number of methoxy groups -OCH3 is 1. The molecule has 0 aromatic rings. The highest BCUT2D eigenvalue weighted by molar-refractivity contribution is 5.80. The average molecular weight is 226 g/mol. The summed E-state index contributed by atoms with van der Waals surface area (Å²) in [6.07, 6.45) is 3.16. The Hall–Kier alpha value is -1.26. The molecule has 1 atom stereocenters. The maximum absolute atomic E-state index is 11.7. The molecule has 1 aliphatic carbocycles. The lowest BCUT2D eigenvalue weighted by molar-refractivity contribution is -0.148. The molecule has 6 nitrogen and oxygen atoms in total. The molecule has 1 rings (SSSR count). The number of carbonyl (C=O) groups is 1. The molecule has 1 aliphatic rings. The monoisotopic (exact) mass is 226 g/mol. The smallest absolute Gasteiger partial charge is 0.325 e. The summed E-state index contributed by atoms with van der Waals surface area (Å²) < 4.78 is 4.80. The van der Waals surface area contributed by atoms with Crippen molar-refractivity contribution in [2.24, 2.45) is 11.0 Å². The summed E-state index contributed by atoms with van der Waals surface area (Å²) in [6.45, 7) is 2.67. The summed E-state index contributed by atoms with van der Waals surface area (Å²) in [7, 11) is 1.39. The van der Waals surface area contributed by atoms with Crippen molar-refractivity contribution < 1.29 is 9.53 Å². The van der Waals surface area contributed by atoms with Crippen molar-refractivity contribution in [1.29, 1.82) is 0 Å². The topological polar surface area (TPSA) is 87.1 Å². The highest BCUT2D eigenvalue weighted by Gasteiger charge is 2.39. The van der Waals surface area contributed by atoms with Crippen LogP contribution in [0, 0.1) is 5.92 Å². The number of carbonyl (C=O) groups excluding carboxylic acids is 1. The van der Waals surface area contributed by atoms with Crippen LogP contribution >= 0.6 is 0 Å². The van der Waals surface area contributed by atoms with Crippen LogP contribution in [0.15, 0.2) is 5.11 Å². The number of esters is 1. The van der Waals surface area contributed by atoms with Crippen molar-refractivity contribution in [1.82, 2.24) is 5.32 Å². The second-order valence-corrected chi connectivity index (χ2v) is 4.35. The molecular weight excluding hydrogens is 208 g/mol. The summed E-state index contributed by atoms with van der Waals surface area (Å²) >= 11 is 0. The molecule has 0 aromatic heterocycles. The summed E-state index contributed by atoms with van der Waals surface area (Å²) in [5, 5.41) is 6.53. The van der Waals surface area contributed by atoms with Gasteiger partial charge in [-0.1, -0.05) is 18.0 Å². The highest BCUT2D eigenvalue weighted by atomic mass is 16.5. The molecule has 1 fully saturated rings. The molecule has 0 aromatic carbocycles. The predicted octanol–water partition coefficient (Wildman–Crippen LogP) is 1.62. The van der Waals surface area contributed by atoms with Crippen LogP contribution in [0.5, 0.6) is 0 Å². The van der Waals surface area contributed by atoms with E-state index in [1.165, 1.54) is 20.0 Å². The van der Waals surface area contributed by atoms with Gasteiger partial charge in [-0.25, -0.2) is 0 Å². The minimum Gasteiger partial charge on any atom is -0.468 e. The summed E-state index contributed by atoms with van der Waals surface area (Å²) in [4.78, 5) is 14.3. The molecule has 6 heteroatoms. The first kappa shape index (κ1) is 12.8. The standard InChI is InChI=1S/C10H18N4O2/c1-10(9(15)16-2,7-8-3-4-8)12-5-6-13-14-11/h8,12H,3-7H2,1-2H3. The zero-order valence-corrected chi connectivity index (χ0v) is 9.77. The number of rotatable bonds is 7. The number of nitrogens with zero attached hydrogens (tertiary/aromatic N) is 3. The van der Waals surface area contributed by atoms with Gasteiger partial charge in [-0.2, -0.15) is 0 Å². The van der Waals surface area contributed by atoms with Crippen LogP contribution in [0.3, 0.4) is 0 Å². The predicted molar refractivity (Wildman–Crippen MR) is 59.8 cm³/mol. The van der Waals surface area contributed by atoms with Gasteiger partial charge in [-0.15, -0.1) is 0 Å². The summed E-state index contributed by atoms with van der Waals surface area (Å²) in [5.74, 6) is 0.372. The Morgan fingerprint density at radius 3 is 2.88 bits per heavy atom. The number of azide groups is 1. The van der Waals surface area contributed by atoms with E-state index >= 15 is 0 Å². The molecule has 1 N–H and O–H groups in total. The van der Waals surface area contributed by atoms with Crippen molar-refractivity contribution in [2.45, 2.75) is 31.7 Å². The fraction of sp³-hybridized carbons (Fsp3) is 0.900. The largest absolute Gasteiger partial charge is 0.468 e. The Kier molecular flexibility index (Phi) is 4.58. The molecule has 90 valence electrons. The maximum Gasteiger partial charge on any atom is 0.325 e. The van der Waals surface area contributed by atoms with Crippen molar-refractivity contribution in [3.8, 4) is 0 Å². The Morgan fingerprint density at radius 1 is 1.69 bits per heavy atom. The third-order valence-corrected chi connectivity index (χ3v) is 2.82.